The normalized spacial score (nSPS) is 14.8. The zero-order valence-electron chi connectivity index (χ0n) is 13.3. The van der Waals surface area contributed by atoms with Crippen molar-refractivity contribution in [3.05, 3.63) is 18.2 Å². The third-order valence-corrected chi connectivity index (χ3v) is 3.64. The number of aryl methyl sites for hydroxylation is 2. The summed E-state index contributed by atoms with van der Waals surface area (Å²) in [7, 11) is 0. The molecule has 0 atom stereocenters. The minimum atomic E-state index is -7.86. The molecular formula is C12H10F13IN2. The molecule has 0 aromatic carbocycles. The van der Waals surface area contributed by atoms with Gasteiger partial charge in [-0.3, -0.25) is 0 Å². The molecule has 0 radical (unpaired) electrons. The van der Waals surface area contributed by atoms with Crippen molar-refractivity contribution in [2.45, 2.75) is 55.7 Å². The first-order valence-electron chi connectivity index (χ1n) is 6.73. The maximum Gasteiger partial charge on any atom is 0.460 e. The van der Waals surface area contributed by atoms with E-state index in [0.29, 0.717) is 0 Å². The van der Waals surface area contributed by atoms with Crippen LogP contribution in [0.1, 0.15) is 12.2 Å². The second-order valence-corrected chi connectivity index (χ2v) is 5.49. The first kappa shape index (κ1) is 27.0. The average Bonchev–Trinajstić information content (AvgIpc) is 2.88. The quantitative estimate of drug-likeness (QED) is 0.301. The topological polar surface area (TPSA) is 19.7 Å². The Kier molecular flexibility index (Phi) is 7.43. The van der Waals surface area contributed by atoms with Crippen LogP contribution in [0.25, 0.3) is 0 Å². The lowest BCUT2D eigenvalue weighted by atomic mass is 9.92. The maximum absolute atomic E-state index is 13.5. The van der Waals surface area contributed by atoms with Crippen LogP contribution in [0.5, 0.6) is 0 Å². The molecule has 2 nitrogen and oxygen atoms in total. The van der Waals surface area contributed by atoms with Crippen LogP contribution in [0.15, 0.2) is 12.4 Å². The van der Waals surface area contributed by atoms with E-state index >= 15 is 0 Å². The standard InChI is InChI=1S/C12H9F13N2.HI/c1-6-26-3-5-27(6)4-2-7(13,14)8(15,16)9(17,18)10(19,20)11(21,22)12(23,24)25;/h3,5H,2,4H2,1H3;1H. The Labute approximate surface area is 165 Å². The molecular weight excluding hydrogens is 546 g/mol. The highest BCUT2D eigenvalue weighted by atomic mass is 127. The molecule has 0 bridgehead atoms. The van der Waals surface area contributed by atoms with Gasteiger partial charge in [-0.05, 0) is 0 Å². The van der Waals surface area contributed by atoms with Crippen molar-refractivity contribution in [1.29, 1.82) is 0 Å². The molecule has 0 unspecified atom stereocenters. The van der Waals surface area contributed by atoms with Gasteiger partial charge in [0.2, 0.25) is 0 Å². The monoisotopic (exact) mass is 556 g/mol. The summed E-state index contributed by atoms with van der Waals surface area (Å²) in [4.78, 5) is 2.37. The van der Waals surface area contributed by atoms with E-state index in [2.05, 4.69) is 4.98 Å². The van der Waals surface area contributed by atoms with Crippen LogP contribution in [0.4, 0.5) is 57.1 Å². The van der Waals surface area contributed by atoms with Gasteiger partial charge in [0.15, 0.2) is 0 Å². The number of H-pyrrole nitrogens is 1. The van der Waals surface area contributed by atoms with Crippen LogP contribution in [-0.4, -0.2) is 40.8 Å². The highest BCUT2D eigenvalue weighted by Crippen LogP contribution is 2.60. The summed E-state index contributed by atoms with van der Waals surface area (Å²) in [5.74, 6) is -36.5. The molecule has 166 valence electrons. The lowest BCUT2D eigenvalue weighted by Crippen LogP contribution is -3.00. The van der Waals surface area contributed by atoms with E-state index in [1.54, 1.807) is 0 Å². The minimum Gasteiger partial charge on any atom is -1.00 e. The van der Waals surface area contributed by atoms with Gasteiger partial charge in [0.1, 0.15) is 12.4 Å². The molecule has 0 spiro atoms. The summed E-state index contributed by atoms with van der Waals surface area (Å²) in [6.07, 6.45) is -7.57. The van der Waals surface area contributed by atoms with Crippen molar-refractivity contribution in [3.63, 3.8) is 0 Å². The van der Waals surface area contributed by atoms with E-state index < -0.39 is 48.8 Å². The molecule has 0 amide bonds. The van der Waals surface area contributed by atoms with Crippen LogP contribution in [0.3, 0.4) is 0 Å². The molecule has 0 fully saturated rings. The van der Waals surface area contributed by atoms with Gasteiger partial charge in [-0.15, -0.1) is 0 Å². The summed E-state index contributed by atoms with van der Waals surface area (Å²) >= 11 is 0. The predicted octanol–water partition coefficient (Wildman–Crippen LogP) is 1.74. The first-order chi connectivity index (χ1) is 11.7. The SMILES string of the molecule is Cc1[nH]cc[n+]1CCC(F)(F)C(F)(F)C(F)(F)C(F)(F)C(F)(F)C(F)(F)F.[I-]. The van der Waals surface area contributed by atoms with Crippen molar-refractivity contribution in [2.75, 3.05) is 0 Å². The summed E-state index contributed by atoms with van der Waals surface area (Å²) in [5, 5.41) is 0. The highest BCUT2D eigenvalue weighted by molar-refractivity contribution is 5.10. The number of hydrogen-bond donors (Lipinski definition) is 1. The number of alkyl halides is 13. The number of imidazole rings is 1. The fourth-order valence-corrected chi connectivity index (χ4v) is 1.90. The fraction of sp³-hybridized carbons (Fsp3) is 0.750. The summed E-state index contributed by atoms with van der Waals surface area (Å²) < 4.78 is 168. The zero-order chi connectivity index (χ0) is 21.7. The molecule has 0 saturated heterocycles. The third kappa shape index (κ3) is 4.01. The van der Waals surface area contributed by atoms with Gasteiger partial charge in [0.05, 0.1) is 13.0 Å². The molecule has 1 rings (SSSR count). The van der Waals surface area contributed by atoms with Crippen LogP contribution in [-0.2, 0) is 6.54 Å². The summed E-state index contributed by atoms with van der Waals surface area (Å²) in [5.41, 5.74) is 0. The van der Waals surface area contributed by atoms with Crippen LogP contribution in [0, 0.1) is 6.92 Å². The van der Waals surface area contributed by atoms with E-state index in [1.807, 2.05) is 0 Å². The average molecular weight is 556 g/mol. The number of nitrogens with one attached hydrogen (secondary N) is 1. The number of aromatic amines is 1. The number of aromatic nitrogens is 2. The third-order valence-electron chi connectivity index (χ3n) is 3.64. The zero-order valence-corrected chi connectivity index (χ0v) is 15.5. The molecule has 0 aliphatic heterocycles. The van der Waals surface area contributed by atoms with Gasteiger partial charge in [0.25, 0.3) is 5.82 Å². The number of halogens is 14. The van der Waals surface area contributed by atoms with E-state index in [0.717, 1.165) is 17.0 Å². The largest absolute Gasteiger partial charge is 1.00 e. The second kappa shape index (κ2) is 7.70. The number of rotatable bonds is 7. The second-order valence-electron chi connectivity index (χ2n) is 5.49. The van der Waals surface area contributed by atoms with Crippen molar-refractivity contribution in [3.8, 4) is 0 Å². The van der Waals surface area contributed by atoms with Crippen LogP contribution in [0.2, 0.25) is 0 Å². The highest BCUT2D eigenvalue weighted by Gasteiger charge is 2.90. The Hall–Kier alpha value is -0.970. The molecule has 1 heterocycles. The van der Waals surface area contributed by atoms with Crippen molar-refractivity contribution < 1.29 is 85.6 Å². The number of hydrogen-bond acceptors (Lipinski definition) is 0. The molecule has 0 saturated carbocycles. The molecule has 1 N–H and O–H groups in total. The lowest BCUT2D eigenvalue weighted by molar-refractivity contribution is -0.704. The Balaban J connectivity index is 0.00000729. The van der Waals surface area contributed by atoms with Gasteiger partial charge in [-0.25, -0.2) is 9.55 Å². The Morgan fingerprint density at radius 1 is 0.750 bits per heavy atom. The molecule has 0 aliphatic rings. The van der Waals surface area contributed by atoms with Crippen LogP contribution < -0.4 is 28.5 Å². The summed E-state index contributed by atoms with van der Waals surface area (Å²) in [6.45, 7) is 0.0676. The van der Waals surface area contributed by atoms with Crippen molar-refractivity contribution in [1.82, 2.24) is 4.98 Å². The van der Waals surface area contributed by atoms with Crippen molar-refractivity contribution in [2.24, 2.45) is 0 Å². The maximum atomic E-state index is 13.5. The Bertz CT molecular complexity index is 665. The van der Waals surface area contributed by atoms with E-state index in [9.17, 15) is 57.1 Å². The minimum absolute atomic E-state index is 0. The Morgan fingerprint density at radius 3 is 1.54 bits per heavy atom. The molecule has 28 heavy (non-hydrogen) atoms. The molecule has 1 aromatic heterocycles. The van der Waals surface area contributed by atoms with E-state index in [4.69, 9.17) is 0 Å². The first-order valence-corrected chi connectivity index (χ1v) is 6.73. The summed E-state index contributed by atoms with van der Waals surface area (Å²) in [6, 6.07) is 0. The van der Waals surface area contributed by atoms with Crippen LogP contribution >= 0.6 is 0 Å². The van der Waals surface area contributed by atoms with Crippen molar-refractivity contribution >= 4 is 0 Å². The molecule has 0 aliphatic carbocycles. The smallest absolute Gasteiger partial charge is 0.460 e. The lowest BCUT2D eigenvalue weighted by Gasteiger charge is -2.39. The van der Waals surface area contributed by atoms with E-state index in [-0.39, 0.29) is 29.8 Å². The van der Waals surface area contributed by atoms with Gasteiger partial charge in [-0.1, -0.05) is 0 Å². The molecule has 16 heteroatoms. The van der Waals surface area contributed by atoms with Gasteiger partial charge < -0.3 is 24.0 Å². The Morgan fingerprint density at radius 2 is 1.18 bits per heavy atom. The number of nitrogens with zero attached hydrogens (tertiary/aromatic N) is 1. The fourth-order valence-electron chi connectivity index (χ4n) is 1.90. The van der Waals surface area contributed by atoms with Gasteiger partial charge in [-0.2, -0.15) is 57.1 Å². The molecule has 1 aromatic rings. The van der Waals surface area contributed by atoms with Gasteiger partial charge in [0, 0.05) is 6.92 Å². The van der Waals surface area contributed by atoms with Gasteiger partial charge >= 0.3 is 35.8 Å². The predicted molar refractivity (Wildman–Crippen MR) is 61.1 cm³/mol. The van der Waals surface area contributed by atoms with E-state index in [1.165, 1.54) is 6.92 Å².